The van der Waals surface area contributed by atoms with E-state index in [0.717, 1.165) is 18.4 Å². The van der Waals surface area contributed by atoms with Crippen LogP contribution in [0.15, 0.2) is 24.3 Å². The van der Waals surface area contributed by atoms with Crippen LogP contribution in [0.1, 0.15) is 18.4 Å². The molecule has 1 saturated heterocycles. The van der Waals surface area contributed by atoms with E-state index in [1.807, 2.05) is 0 Å². The Bertz CT molecular complexity index is 557. The third-order valence-corrected chi connectivity index (χ3v) is 6.20. The van der Waals surface area contributed by atoms with Gasteiger partial charge in [0.2, 0.25) is 0 Å². The molecule has 0 saturated carbocycles. The highest BCUT2D eigenvalue weighted by Crippen LogP contribution is 2.22. The van der Waals surface area contributed by atoms with Crippen molar-refractivity contribution in [3.05, 3.63) is 35.6 Å². The van der Waals surface area contributed by atoms with Crippen LogP contribution in [0.2, 0.25) is 0 Å². The number of benzene rings is 1. The topological polar surface area (TPSA) is 40.6 Å². The van der Waals surface area contributed by atoms with Crippen molar-refractivity contribution in [3.8, 4) is 0 Å². The van der Waals surface area contributed by atoms with Gasteiger partial charge in [-0.25, -0.2) is 4.39 Å². The number of halogens is 2. The Morgan fingerprint density at radius 3 is 2.38 bits per heavy atom. The summed E-state index contributed by atoms with van der Waals surface area (Å²) in [4.78, 5) is 0. The van der Waals surface area contributed by atoms with Gasteiger partial charge in [-0.2, -0.15) is 17.0 Å². The summed E-state index contributed by atoms with van der Waals surface area (Å²) < 4.78 is 40.7. The van der Waals surface area contributed by atoms with Crippen LogP contribution in [-0.4, -0.2) is 43.0 Å². The molecule has 1 heterocycles. The van der Waals surface area contributed by atoms with Gasteiger partial charge in [-0.15, -0.1) is 11.6 Å². The van der Waals surface area contributed by atoms with Crippen molar-refractivity contribution in [2.45, 2.75) is 19.4 Å². The van der Waals surface area contributed by atoms with E-state index in [2.05, 4.69) is 0 Å². The smallest absolute Gasteiger partial charge is 0.207 e. The lowest BCUT2D eigenvalue weighted by atomic mass is 10.0. The van der Waals surface area contributed by atoms with Crippen molar-refractivity contribution in [2.75, 3.05) is 26.0 Å². The molecule has 0 aromatic heterocycles. The predicted octanol–water partition coefficient (Wildman–Crippen LogP) is 2.45. The number of alkyl halides is 1. The van der Waals surface area contributed by atoms with Crippen LogP contribution in [0, 0.1) is 11.7 Å². The minimum absolute atomic E-state index is 0.234. The summed E-state index contributed by atoms with van der Waals surface area (Å²) in [5.41, 5.74) is 0.762. The minimum atomic E-state index is -3.47. The molecule has 1 aromatic rings. The van der Waals surface area contributed by atoms with Gasteiger partial charge in [0, 0.05) is 32.6 Å². The Kier molecular flexibility index (Phi) is 5.60. The number of rotatable bonds is 5. The fourth-order valence-corrected chi connectivity index (χ4v) is 4.11. The number of piperidine rings is 1. The molecule has 0 aliphatic carbocycles. The molecule has 1 aliphatic heterocycles. The average molecular weight is 335 g/mol. The zero-order chi connectivity index (χ0) is 15.5. The molecule has 7 heteroatoms. The van der Waals surface area contributed by atoms with E-state index in [9.17, 15) is 12.8 Å². The van der Waals surface area contributed by atoms with Gasteiger partial charge < -0.3 is 0 Å². The normalized spacial score (nSPS) is 18.3. The van der Waals surface area contributed by atoms with Gasteiger partial charge >= 0.3 is 0 Å². The fraction of sp³-hybridized carbons (Fsp3) is 0.571. The zero-order valence-corrected chi connectivity index (χ0v) is 13.6. The van der Waals surface area contributed by atoms with Gasteiger partial charge in [0.15, 0.2) is 0 Å². The second kappa shape index (κ2) is 7.05. The Morgan fingerprint density at radius 1 is 1.29 bits per heavy atom. The summed E-state index contributed by atoms with van der Waals surface area (Å²) in [5, 5.41) is 0. The summed E-state index contributed by atoms with van der Waals surface area (Å²) in [5.74, 6) is 0.659. The first-order chi connectivity index (χ1) is 9.93. The first-order valence-electron chi connectivity index (χ1n) is 6.95. The first-order valence-corrected chi connectivity index (χ1v) is 8.88. The SMILES string of the molecule is CN(Cc1ccc(F)cc1)S(=O)(=O)N1CCC(CCl)CC1. The Balaban J connectivity index is 2.00. The lowest BCUT2D eigenvalue weighted by molar-refractivity contribution is 0.271. The molecular formula is C14H20ClFN2O2S. The maximum Gasteiger partial charge on any atom is 0.282 e. The predicted molar refractivity (Wildman–Crippen MR) is 81.8 cm³/mol. The highest BCUT2D eigenvalue weighted by atomic mass is 35.5. The average Bonchev–Trinajstić information content (AvgIpc) is 2.49. The largest absolute Gasteiger partial charge is 0.282 e. The van der Waals surface area contributed by atoms with Crippen LogP contribution in [0.3, 0.4) is 0 Å². The number of nitrogens with zero attached hydrogens (tertiary/aromatic N) is 2. The van der Waals surface area contributed by atoms with Crippen LogP contribution in [-0.2, 0) is 16.8 Å². The molecule has 0 radical (unpaired) electrons. The van der Waals surface area contributed by atoms with Gasteiger partial charge in [0.25, 0.3) is 10.2 Å². The Morgan fingerprint density at radius 2 is 1.86 bits per heavy atom. The van der Waals surface area contributed by atoms with E-state index >= 15 is 0 Å². The van der Waals surface area contributed by atoms with Crippen molar-refractivity contribution in [1.82, 2.24) is 8.61 Å². The number of hydrogen-bond acceptors (Lipinski definition) is 2. The van der Waals surface area contributed by atoms with E-state index < -0.39 is 10.2 Å². The van der Waals surface area contributed by atoms with Crippen molar-refractivity contribution in [3.63, 3.8) is 0 Å². The minimum Gasteiger partial charge on any atom is -0.207 e. The third kappa shape index (κ3) is 4.16. The van der Waals surface area contributed by atoms with Crippen LogP contribution in [0.25, 0.3) is 0 Å². The maximum atomic E-state index is 12.9. The molecule has 0 unspecified atom stereocenters. The van der Waals surface area contributed by atoms with E-state index in [0.29, 0.717) is 24.9 Å². The fourth-order valence-electron chi connectivity index (χ4n) is 2.42. The molecular weight excluding hydrogens is 315 g/mol. The second-order valence-electron chi connectivity index (χ2n) is 5.39. The van der Waals surface area contributed by atoms with E-state index in [4.69, 9.17) is 11.6 Å². The summed E-state index contributed by atoms with van der Waals surface area (Å²) in [6.07, 6.45) is 1.60. The molecule has 0 N–H and O–H groups in total. The molecule has 2 rings (SSSR count). The lowest BCUT2D eigenvalue weighted by Gasteiger charge is -2.33. The van der Waals surface area contributed by atoms with Gasteiger partial charge in [-0.05, 0) is 36.5 Å². The van der Waals surface area contributed by atoms with Gasteiger partial charge in [0.05, 0.1) is 0 Å². The molecule has 0 spiro atoms. The number of hydrogen-bond donors (Lipinski definition) is 0. The standard InChI is InChI=1S/C14H20ClFN2O2S/c1-17(11-13-2-4-14(16)5-3-13)21(19,20)18-8-6-12(10-15)7-9-18/h2-5,12H,6-11H2,1H3. The lowest BCUT2D eigenvalue weighted by Crippen LogP contribution is -2.45. The van der Waals surface area contributed by atoms with Gasteiger partial charge in [-0.3, -0.25) is 0 Å². The van der Waals surface area contributed by atoms with Crippen molar-refractivity contribution >= 4 is 21.8 Å². The Labute approximate surface area is 130 Å². The van der Waals surface area contributed by atoms with E-state index in [1.54, 1.807) is 19.2 Å². The molecule has 0 atom stereocenters. The molecule has 0 amide bonds. The van der Waals surface area contributed by atoms with Crippen LogP contribution >= 0.6 is 11.6 Å². The summed E-state index contributed by atoms with van der Waals surface area (Å²) in [6.45, 7) is 1.25. The molecule has 1 fully saturated rings. The van der Waals surface area contributed by atoms with Crippen molar-refractivity contribution in [1.29, 1.82) is 0 Å². The monoisotopic (exact) mass is 334 g/mol. The van der Waals surface area contributed by atoms with Crippen molar-refractivity contribution < 1.29 is 12.8 Å². The van der Waals surface area contributed by atoms with E-state index in [1.165, 1.54) is 20.7 Å². The maximum absolute atomic E-state index is 12.9. The summed E-state index contributed by atoms with van der Waals surface area (Å²) >= 11 is 5.82. The zero-order valence-electron chi connectivity index (χ0n) is 12.0. The first kappa shape index (κ1) is 16.7. The molecule has 118 valence electrons. The molecule has 0 bridgehead atoms. The highest BCUT2D eigenvalue weighted by Gasteiger charge is 2.30. The molecule has 1 aromatic carbocycles. The van der Waals surface area contributed by atoms with Crippen molar-refractivity contribution in [2.24, 2.45) is 5.92 Å². The van der Waals surface area contributed by atoms with Crippen LogP contribution in [0.5, 0.6) is 0 Å². The van der Waals surface area contributed by atoms with Gasteiger partial charge in [-0.1, -0.05) is 12.1 Å². The van der Waals surface area contributed by atoms with Gasteiger partial charge in [0.1, 0.15) is 5.82 Å². The quantitative estimate of drug-likeness (QED) is 0.776. The summed E-state index contributed by atoms with van der Waals surface area (Å²) in [6, 6.07) is 5.87. The Hall–Kier alpha value is -0.690. The van der Waals surface area contributed by atoms with E-state index in [-0.39, 0.29) is 12.4 Å². The summed E-state index contributed by atoms with van der Waals surface area (Å²) in [7, 11) is -1.92. The molecule has 1 aliphatic rings. The van der Waals surface area contributed by atoms with Crippen LogP contribution in [0.4, 0.5) is 4.39 Å². The third-order valence-electron chi connectivity index (χ3n) is 3.83. The molecule has 21 heavy (non-hydrogen) atoms. The second-order valence-corrected chi connectivity index (χ2v) is 7.73. The molecule has 4 nitrogen and oxygen atoms in total. The van der Waals surface area contributed by atoms with Crippen LogP contribution < -0.4 is 0 Å². The highest BCUT2D eigenvalue weighted by molar-refractivity contribution is 7.86.